The van der Waals surface area contributed by atoms with Crippen LogP contribution in [-0.4, -0.2) is 37.0 Å². The van der Waals surface area contributed by atoms with Gasteiger partial charge in [-0.25, -0.2) is 0 Å². The lowest BCUT2D eigenvalue weighted by Crippen LogP contribution is -2.42. The van der Waals surface area contributed by atoms with E-state index in [1.807, 2.05) is 4.90 Å². The lowest BCUT2D eigenvalue weighted by atomic mass is 9.94. The normalized spacial score (nSPS) is 15.2. The SMILES string of the molecule is COC(=O)C[C@H](NC(=O)C1CCN(c2ccccc2[N+](=O)[O-])CC1)c1ccc(Cl)cc1. The predicted molar refractivity (Wildman–Crippen MR) is 117 cm³/mol. The molecule has 0 spiro atoms. The van der Waals surface area contributed by atoms with E-state index in [1.54, 1.807) is 42.5 Å². The fourth-order valence-corrected chi connectivity index (χ4v) is 3.88. The van der Waals surface area contributed by atoms with Gasteiger partial charge in [-0.15, -0.1) is 0 Å². The molecule has 2 aromatic rings. The molecule has 1 fully saturated rings. The lowest BCUT2D eigenvalue weighted by molar-refractivity contribution is -0.384. The van der Waals surface area contributed by atoms with E-state index in [1.165, 1.54) is 13.2 Å². The number of hydrogen-bond acceptors (Lipinski definition) is 6. The molecule has 0 bridgehead atoms. The summed E-state index contributed by atoms with van der Waals surface area (Å²) in [4.78, 5) is 37.6. The zero-order valence-electron chi connectivity index (χ0n) is 17.1. The first-order chi connectivity index (χ1) is 14.9. The van der Waals surface area contributed by atoms with Gasteiger partial charge in [-0.05, 0) is 36.6 Å². The van der Waals surface area contributed by atoms with E-state index in [0.717, 1.165) is 5.56 Å². The third-order valence-corrected chi connectivity index (χ3v) is 5.72. The molecule has 1 N–H and O–H groups in total. The third-order valence-electron chi connectivity index (χ3n) is 5.47. The van der Waals surface area contributed by atoms with Gasteiger partial charge in [0, 0.05) is 30.1 Å². The van der Waals surface area contributed by atoms with Crippen LogP contribution in [-0.2, 0) is 14.3 Å². The van der Waals surface area contributed by atoms with Crippen LogP contribution in [0.2, 0.25) is 5.02 Å². The molecule has 3 rings (SSSR count). The van der Waals surface area contributed by atoms with E-state index in [4.69, 9.17) is 16.3 Å². The second-order valence-electron chi connectivity index (χ2n) is 7.40. The Morgan fingerprint density at radius 3 is 2.45 bits per heavy atom. The van der Waals surface area contributed by atoms with Crippen molar-refractivity contribution in [2.75, 3.05) is 25.1 Å². The molecule has 1 aliphatic heterocycles. The highest BCUT2D eigenvalue weighted by molar-refractivity contribution is 6.30. The molecule has 1 heterocycles. The fourth-order valence-electron chi connectivity index (χ4n) is 3.76. The summed E-state index contributed by atoms with van der Waals surface area (Å²) in [5.41, 5.74) is 1.39. The molecule has 0 aliphatic carbocycles. The van der Waals surface area contributed by atoms with Gasteiger partial charge in [-0.2, -0.15) is 0 Å². The van der Waals surface area contributed by atoms with E-state index in [2.05, 4.69) is 5.32 Å². The Morgan fingerprint density at radius 1 is 1.19 bits per heavy atom. The molecule has 2 aromatic carbocycles. The summed E-state index contributed by atoms with van der Waals surface area (Å²) < 4.78 is 4.77. The number of ether oxygens (including phenoxy) is 1. The van der Waals surface area contributed by atoms with Gasteiger partial charge in [-0.1, -0.05) is 35.9 Å². The zero-order valence-corrected chi connectivity index (χ0v) is 17.9. The Bertz CT molecular complexity index is 942. The lowest BCUT2D eigenvalue weighted by Gasteiger charge is -2.33. The van der Waals surface area contributed by atoms with Crippen LogP contribution in [0.25, 0.3) is 0 Å². The first kappa shape index (κ1) is 22.6. The van der Waals surface area contributed by atoms with E-state index in [0.29, 0.717) is 36.6 Å². The molecule has 164 valence electrons. The van der Waals surface area contributed by atoms with Crippen LogP contribution in [0.15, 0.2) is 48.5 Å². The minimum absolute atomic E-state index is 0.0128. The summed E-state index contributed by atoms with van der Waals surface area (Å²) in [5.74, 6) is -0.816. The first-order valence-corrected chi connectivity index (χ1v) is 10.4. The second kappa shape index (κ2) is 10.3. The molecule has 0 aromatic heterocycles. The summed E-state index contributed by atoms with van der Waals surface area (Å²) in [6.45, 7) is 1.07. The highest BCUT2D eigenvalue weighted by atomic mass is 35.5. The number of nitrogens with zero attached hydrogens (tertiary/aromatic N) is 2. The molecular weight excluding hydrogens is 422 g/mol. The number of nitro groups is 1. The molecule has 1 atom stereocenters. The number of benzene rings is 2. The van der Waals surface area contributed by atoms with E-state index >= 15 is 0 Å². The van der Waals surface area contributed by atoms with Crippen LogP contribution < -0.4 is 10.2 Å². The van der Waals surface area contributed by atoms with Crippen LogP contribution in [0.5, 0.6) is 0 Å². The average molecular weight is 446 g/mol. The van der Waals surface area contributed by atoms with Gasteiger partial charge in [0.2, 0.25) is 5.91 Å². The number of piperidine rings is 1. The number of amides is 1. The summed E-state index contributed by atoms with van der Waals surface area (Å²) in [6, 6.07) is 13.1. The topological polar surface area (TPSA) is 102 Å². The van der Waals surface area contributed by atoms with Gasteiger partial charge in [0.05, 0.1) is 24.5 Å². The van der Waals surface area contributed by atoms with E-state index in [9.17, 15) is 19.7 Å². The fraction of sp³-hybridized carbons (Fsp3) is 0.364. The van der Waals surface area contributed by atoms with Crippen molar-refractivity contribution < 1.29 is 19.2 Å². The Morgan fingerprint density at radius 2 is 1.84 bits per heavy atom. The quantitative estimate of drug-likeness (QED) is 0.394. The number of nitrogens with one attached hydrogen (secondary N) is 1. The van der Waals surface area contributed by atoms with Crippen molar-refractivity contribution in [3.8, 4) is 0 Å². The van der Waals surface area contributed by atoms with Crippen molar-refractivity contribution in [3.63, 3.8) is 0 Å². The van der Waals surface area contributed by atoms with Crippen molar-refractivity contribution in [3.05, 3.63) is 69.2 Å². The molecular formula is C22H24ClN3O5. The maximum Gasteiger partial charge on any atom is 0.307 e. The maximum absolute atomic E-state index is 12.9. The number of anilines is 1. The first-order valence-electron chi connectivity index (χ1n) is 10.00. The van der Waals surface area contributed by atoms with E-state index in [-0.39, 0.29) is 23.9 Å². The highest BCUT2D eigenvalue weighted by Crippen LogP contribution is 2.31. The van der Waals surface area contributed by atoms with Gasteiger partial charge < -0.3 is 15.0 Å². The molecule has 8 nitrogen and oxygen atoms in total. The number of halogens is 1. The monoisotopic (exact) mass is 445 g/mol. The Hall–Kier alpha value is -3.13. The predicted octanol–water partition coefficient (Wildman–Crippen LogP) is 3.89. The van der Waals surface area contributed by atoms with Crippen LogP contribution in [0.1, 0.15) is 30.9 Å². The number of para-hydroxylation sites is 2. The molecule has 1 amide bonds. The Balaban J connectivity index is 1.65. The Kier molecular flexibility index (Phi) is 7.46. The van der Waals surface area contributed by atoms with Crippen LogP contribution in [0.3, 0.4) is 0 Å². The number of carbonyl (C=O) groups is 2. The average Bonchev–Trinajstić information content (AvgIpc) is 2.79. The van der Waals surface area contributed by atoms with Gasteiger partial charge in [0.1, 0.15) is 5.69 Å². The molecule has 0 radical (unpaired) electrons. The number of nitro benzene ring substituents is 1. The molecule has 1 aliphatic rings. The minimum atomic E-state index is -0.523. The number of carbonyl (C=O) groups excluding carboxylic acids is 2. The largest absolute Gasteiger partial charge is 0.469 e. The number of hydrogen-bond donors (Lipinski definition) is 1. The molecule has 9 heteroatoms. The van der Waals surface area contributed by atoms with Gasteiger partial charge in [-0.3, -0.25) is 19.7 Å². The van der Waals surface area contributed by atoms with Crippen LogP contribution >= 0.6 is 11.6 Å². The number of esters is 1. The minimum Gasteiger partial charge on any atom is -0.469 e. The standard InChI is InChI=1S/C22H24ClN3O5/c1-31-21(27)14-18(15-6-8-17(23)9-7-15)24-22(28)16-10-12-25(13-11-16)19-4-2-3-5-20(19)26(29)30/h2-9,16,18H,10-14H2,1H3,(H,24,28)/t18-/m0/s1. The summed E-state index contributed by atoms with van der Waals surface area (Å²) in [5, 5.41) is 14.8. The third kappa shape index (κ3) is 5.73. The van der Waals surface area contributed by atoms with Crippen molar-refractivity contribution in [1.82, 2.24) is 5.32 Å². The second-order valence-corrected chi connectivity index (χ2v) is 7.84. The zero-order chi connectivity index (χ0) is 22.4. The molecule has 0 saturated carbocycles. The number of methoxy groups -OCH3 is 1. The summed E-state index contributed by atoms with van der Waals surface area (Å²) in [6.07, 6.45) is 1.13. The van der Waals surface area contributed by atoms with Crippen LogP contribution in [0, 0.1) is 16.0 Å². The number of rotatable bonds is 7. The smallest absolute Gasteiger partial charge is 0.307 e. The Labute approximate surface area is 185 Å². The van der Waals surface area contributed by atoms with Gasteiger partial charge in [0.15, 0.2) is 0 Å². The van der Waals surface area contributed by atoms with Crippen molar-refractivity contribution in [1.29, 1.82) is 0 Å². The van der Waals surface area contributed by atoms with Gasteiger partial charge in [0.25, 0.3) is 5.69 Å². The summed E-state index contributed by atoms with van der Waals surface area (Å²) >= 11 is 5.95. The van der Waals surface area contributed by atoms with Crippen molar-refractivity contribution in [2.24, 2.45) is 5.92 Å². The highest BCUT2D eigenvalue weighted by Gasteiger charge is 2.30. The van der Waals surface area contributed by atoms with Crippen LogP contribution in [0.4, 0.5) is 11.4 Å². The molecule has 31 heavy (non-hydrogen) atoms. The maximum atomic E-state index is 12.9. The molecule has 1 saturated heterocycles. The molecule has 0 unspecified atom stereocenters. The summed E-state index contributed by atoms with van der Waals surface area (Å²) in [7, 11) is 1.31. The van der Waals surface area contributed by atoms with E-state index < -0.39 is 16.9 Å². The van der Waals surface area contributed by atoms with Crippen molar-refractivity contribution >= 4 is 34.9 Å². The van der Waals surface area contributed by atoms with Crippen molar-refractivity contribution in [2.45, 2.75) is 25.3 Å². The van der Waals surface area contributed by atoms with Gasteiger partial charge >= 0.3 is 5.97 Å².